The number of ether oxygens (including phenoxy) is 1. The molecule has 0 aliphatic carbocycles. The molecule has 2 aromatic rings. The highest BCUT2D eigenvalue weighted by atomic mass is 79.9. The predicted octanol–water partition coefficient (Wildman–Crippen LogP) is 7.33. The fourth-order valence-electron chi connectivity index (χ4n) is 3.19. The zero-order valence-electron chi connectivity index (χ0n) is 18.6. The summed E-state index contributed by atoms with van der Waals surface area (Å²) in [5.74, 6) is -1.16. The van der Waals surface area contributed by atoms with E-state index in [1.165, 1.54) is 0 Å². The average molecular weight is 601 g/mol. The highest BCUT2D eigenvalue weighted by Gasteiger charge is 2.62. The Kier molecular flexibility index (Phi) is 7.95. The number of nitrogens with zero attached hydrogens (tertiary/aromatic N) is 1. The van der Waals surface area contributed by atoms with E-state index in [0.717, 1.165) is 12.1 Å². The Balaban J connectivity index is 1.86. The van der Waals surface area contributed by atoms with Crippen molar-refractivity contribution in [2.24, 2.45) is 4.99 Å². The van der Waals surface area contributed by atoms with Gasteiger partial charge >= 0.3 is 12.3 Å². The van der Waals surface area contributed by atoms with Gasteiger partial charge in [-0.3, -0.25) is 10.3 Å². The molecule has 1 unspecified atom stereocenters. The predicted molar refractivity (Wildman–Crippen MR) is 127 cm³/mol. The van der Waals surface area contributed by atoms with E-state index in [1.54, 1.807) is 39.0 Å². The summed E-state index contributed by atoms with van der Waals surface area (Å²) in [5.41, 5.74) is -0.914. The van der Waals surface area contributed by atoms with Gasteiger partial charge in [0.2, 0.25) is 5.60 Å². The molecule has 0 spiro atoms. The molecular weight excluding hydrogens is 581 g/mol. The first-order chi connectivity index (χ1) is 16.1. The number of amides is 1. The van der Waals surface area contributed by atoms with Crippen LogP contribution in [0.15, 0.2) is 39.8 Å². The summed E-state index contributed by atoms with van der Waals surface area (Å²) >= 11 is 14.8. The van der Waals surface area contributed by atoms with Gasteiger partial charge in [0.15, 0.2) is 5.82 Å². The highest BCUT2D eigenvalue weighted by Crippen LogP contribution is 2.48. The van der Waals surface area contributed by atoms with Crippen LogP contribution in [0.3, 0.4) is 0 Å². The molecule has 2 aromatic carbocycles. The van der Waals surface area contributed by atoms with Crippen molar-refractivity contribution in [3.8, 4) is 0 Å². The molecule has 0 aromatic heterocycles. The third-order valence-electron chi connectivity index (χ3n) is 4.78. The quantitative estimate of drug-likeness (QED) is 0.285. The van der Waals surface area contributed by atoms with Crippen molar-refractivity contribution in [3.63, 3.8) is 0 Å². The lowest BCUT2D eigenvalue weighted by molar-refractivity contribution is -0.282. The largest absolute Gasteiger partial charge is 0.444 e. The van der Waals surface area contributed by atoms with Crippen LogP contribution >= 0.6 is 39.1 Å². The maximum Gasteiger partial charge on any atom is 0.424 e. The van der Waals surface area contributed by atoms with E-state index in [4.69, 9.17) is 32.8 Å². The third-order valence-corrected chi connectivity index (χ3v) is 6.11. The number of alkyl halides is 3. The van der Waals surface area contributed by atoms with Crippen molar-refractivity contribution in [1.82, 2.24) is 10.8 Å². The molecule has 3 rings (SSSR count). The number of hydroxylamine groups is 1. The lowest BCUT2D eigenvalue weighted by atomic mass is 9.90. The summed E-state index contributed by atoms with van der Waals surface area (Å²) in [5, 5.41) is 1.46. The molecule has 1 aliphatic rings. The fourth-order valence-corrected chi connectivity index (χ4v) is 4.07. The molecule has 13 heteroatoms. The first-order valence-corrected chi connectivity index (χ1v) is 11.6. The van der Waals surface area contributed by atoms with Crippen LogP contribution in [0.5, 0.6) is 0 Å². The van der Waals surface area contributed by atoms with Gasteiger partial charge in [-0.15, -0.1) is 0 Å². The fraction of sp³-hybridized carbons (Fsp3) is 0.364. The molecule has 1 aliphatic heterocycles. The van der Waals surface area contributed by atoms with E-state index in [-0.39, 0.29) is 12.4 Å². The first-order valence-electron chi connectivity index (χ1n) is 10.1. The van der Waals surface area contributed by atoms with E-state index in [1.807, 2.05) is 0 Å². The normalized spacial score (nSPS) is 19.5. The van der Waals surface area contributed by atoms with Crippen LogP contribution in [0.1, 0.15) is 38.3 Å². The lowest BCUT2D eigenvalue weighted by Gasteiger charge is -2.29. The summed E-state index contributed by atoms with van der Waals surface area (Å²) < 4.78 is 62.0. The van der Waals surface area contributed by atoms with Crippen molar-refractivity contribution in [3.05, 3.63) is 61.8 Å². The first kappa shape index (κ1) is 27.5. The van der Waals surface area contributed by atoms with Gasteiger partial charge in [0.25, 0.3) is 0 Å². The van der Waals surface area contributed by atoms with E-state index in [2.05, 4.69) is 31.7 Å². The summed E-state index contributed by atoms with van der Waals surface area (Å²) in [4.78, 5) is 21.1. The molecular formula is C22H20BrCl2F4N3O3. The van der Waals surface area contributed by atoms with E-state index >= 15 is 0 Å². The number of hydrogen-bond acceptors (Lipinski definition) is 4. The van der Waals surface area contributed by atoms with Gasteiger partial charge in [0, 0.05) is 11.0 Å². The molecule has 190 valence electrons. The summed E-state index contributed by atoms with van der Waals surface area (Å²) in [6.45, 7) is 5.26. The van der Waals surface area contributed by atoms with Crippen LogP contribution in [0.25, 0.3) is 0 Å². The van der Waals surface area contributed by atoms with Gasteiger partial charge in [-0.1, -0.05) is 39.1 Å². The molecule has 2 N–H and O–H groups in total. The smallest absolute Gasteiger partial charge is 0.424 e. The number of carbonyl (C=O) groups excluding carboxylic acids is 1. The summed E-state index contributed by atoms with van der Waals surface area (Å²) in [7, 11) is 0. The molecule has 0 saturated carbocycles. The van der Waals surface area contributed by atoms with Crippen molar-refractivity contribution >= 4 is 56.7 Å². The number of carbonyl (C=O) groups is 1. The number of hydrogen-bond donors (Lipinski definition) is 2. The van der Waals surface area contributed by atoms with Gasteiger partial charge in [0.1, 0.15) is 11.4 Å². The van der Waals surface area contributed by atoms with Gasteiger partial charge in [0.05, 0.1) is 22.2 Å². The Morgan fingerprint density at radius 3 is 2.43 bits per heavy atom. The van der Waals surface area contributed by atoms with Crippen molar-refractivity contribution in [1.29, 1.82) is 0 Å². The SMILES string of the molecule is CC(C)(C)OC(=O)NCc1cc(N=C2CC(c3cc(Cl)c(F)c(Cl)c3)(C(F)(F)F)ON2)ccc1Br. The topological polar surface area (TPSA) is 72.0 Å². The molecule has 35 heavy (non-hydrogen) atoms. The number of nitrogens with one attached hydrogen (secondary N) is 2. The van der Waals surface area contributed by atoms with Gasteiger partial charge in [-0.05, 0) is 62.2 Å². The van der Waals surface area contributed by atoms with Crippen molar-refractivity contribution in [2.45, 2.75) is 51.1 Å². The second kappa shape index (κ2) is 10.1. The Morgan fingerprint density at radius 2 is 1.86 bits per heavy atom. The van der Waals surface area contributed by atoms with Crippen LogP contribution in [0, 0.1) is 5.82 Å². The molecule has 0 bridgehead atoms. The zero-order valence-corrected chi connectivity index (χ0v) is 21.7. The van der Waals surface area contributed by atoms with Crippen LogP contribution < -0.4 is 10.8 Å². The zero-order chi connectivity index (χ0) is 26.2. The van der Waals surface area contributed by atoms with Crippen molar-refractivity contribution < 1.29 is 31.9 Å². The Morgan fingerprint density at radius 1 is 1.23 bits per heavy atom. The minimum atomic E-state index is -4.91. The molecule has 1 saturated heterocycles. The van der Waals surface area contributed by atoms with Crippen LogP contribution in [0.4, 0.5) is 28.0 Å². The Bertz CT molecular complexity index is 1150. The minimum Gasteiger partial charge on any atom is -0.444 e. The number of aliphatic imine (C=N–C) groups is 1. The van der Waals surface area contributed by atoms with Gasteiger partial charge in [-0.25, -0.2) is 14.2 Å². The molecule has 1 amide bonds. The van der Waals surface area contributed by atoms with Crippen molar-refractivity contribution in [2.75, 3.05) is 0 Å². The number of alkyl carbamates (subject to hydrolysis) is 1. The average Bonchev–Trinajstić information content (AvgIpc) is 3.16. The number of benzene rings is 2. The van der Waals surface area contributed by atoms with E-state index in [0.29, 0.717) is 15.7 Å². The molecule has 1 fully saturated rings. The number of halogens is 7. The number of rotatable bonds is 4. The molecule has 6 nitrogen and oxygen atoms in total. The van der Waals surface area contributed by atoms with Crippen LogP contribution in [0.2, 0.25) is 10.0 Å². The Hall–Kier alpha value is -2.08. The second-order valence-electron chi connectivity index (χ2n) is 8.65. The number of amidine groups is 1. The maximum absolute atomic E-state index is 14.1. The maximum atomic E-state index is 14.1. The van der Waals surface area contributed by atoms with Crippen LogP contribution in [-0.2, 0) is 21.7 Å². The van der Waals surface area contributed by atoms with Crippen LogP contribution in [-0.4, -0.2) is 23.7 Å². The van der Waals surface area contributed by atoms with E-state index < -0.39 is 51.3 Å². The van der Waals surface area contributed by atoms with Gasteiger partial charge in [-0.2, -0.15) is 13.2 Å². The minimum absolute atomic E-state index is 0.0805. The summed E-state index contributed by atoms with van der Waals surface area (Å²) in [6.07, 6.45) is -6.28. The molecule has 1 atom stereocenters. The standard InChI is InChI=1S/C22H20BrCl2F4N3O3/c1-20(2,3)34-19(33)30-10-11-6-13(4-5-14(11)23)31-17-9-21(35-32-17,22(27,28)29)12-7-15(24)18(26)16(25)8-12/h4-8H,9-10H2,1-3H3,(H,30,33)(H,31,32). The third kappa shape index (κ3) is 6.38. The molecule has 1 heterocycles. The lowest BCUT2D eigenvalue weighted by Crippen LogP contribution is -2.42. The van der Waals surface area contributed by atoms with E-state index in [9.17, 15) is 22.4 Å². The highest BCUT2D eigenvalue weighted by molar-refractivity contribution is 9.10. The monoisotopic (exact) mass is 599 g/mol. The molecule has 0 radical (unpaired) electrons. The summed E-state index contributed by atoms with van der Waals surface area (Å²) in [6, 6.07) is 6.42. The van der Waals surface area contributed by atoms with Gasteiger partial charge < -0.3 is 10.1 Å². The Labute approximate surface area is 217 Å². The second-order valence-corrected chi connectivity index (χ2v) is 10.3.